The number of nitrogens with zero attached hydrogens (tertiary/aromatic N) is 2. The molecule has 15 heavy (non-hydrogen) atoms. The zero-order chi connectivity index (χ0) is 11.3. The molecule has 5 nitrogen and oxygen atoms in total. The van der Waals surface area contributed by atoms with Gasteiger partial charge in [-0.2, -0.15) is 0 Å². The van der Waals surface area contributed by atoms with Gasteiger partial charge in [0.15, 0.2) is 0 Å². The Hall–Kier alpha value is -1.36. The second kappa shape index (κ2) is 4.93. The SMILES string of the molecule is CCC(C)(NCCn1ccnc1)C(=O)O. The largest absolute Gasteiger partial charge is 0.480 e. The number of imidazole rings is 1. The Kier molecular flexibility index (Phi) is 3.85. The third-order valence-electron chi connectivity index (χ3n) is 2.62. The van der Waals surface area contributed by atoms with Crippen LogP contribution < -0.4 is 5.32 Å². The summed E-state index contributed by atoms with van der Waals surface area (Å²) in [5.41, 5.74) is -0.833. The molecule has 0 aliphatic rings. The topological polar surface area (TPSA) is 67.2 Å². The minimum absolute atomic E-state index is 0.562. The Bertz CT molecular complexity index is 310. The maximum absolute atomic E-state index is 11.0. The molecular weight excluding hydrogens is 194 g/mol. The van der Waals surface area contributed by atoms with Gasteiger partial charge in [-0.25, -0.2) is 4.98 Å². The van der Waals surface area contributed by atoms with E-state index in [0.717, 1.165) is 6.54 Å². The highest BCUT2D eigenvalue weighted by atomic mass is 16.4. The highest BCUT2D eigenvalue weighted by Gasteiger charge is 2.29. The Morgan fingerprint density at radius 3 is 2.87 bits per heavy atom. The van der Waals surface area contributed by atoms with E-state index in [4.69, 9.17) is 5.11 Å². The molecule has 0 saturated heterocycles. The molecule has 1 unspecified atom stereocenters. The maximum atomic E-state index is 11.0. The van der Waals surface area contributed by atoms with Gasteiger partial charge < -0.3 is 15.0 Å². The van der Waals surface area contributed by atoms with Crippen LogP contribution in [-0.4, -0.2) is 32.7 Å². The molecule has 5 heteroatoms. The van der Waals surface area contributed by atoms with Crippen LogP contribution in [0.5, 0.6) is 0 Å². The van der Waals surface area contributed by atoms with Gasteiger partial charge in [0.25, 0.3) is 0 Å². The third-order valence-corrected chi connectivity index (χ3v) is 2.62. The van der Waals surface area contributed by atoms with Gasteiger partial charge in [0.2, 0.25) is 0 Å². The molecule has 0 spiro atoms. The monoisotopic (exact) mass is 211 g/mol. The molecule has 0 fully saturated rings. The van der Waals surface area contributed by atoms with Crippen molar-refractivity contribution < 1.29 is 9.90 Å². The molecule has 0 amide bonds. The molecule has 1 atom stereocenters. The molecule has 2 N–H and O–H groups in total. The van der Waals surface area contributed by atoms with Crippen LogP contribution in [0.2, 0.25) is 0 Å². The van der Waals surface area contributed by atoms with E-state index in [9.17, 15) is 4.79 Å². The van der Waals surface area contributed by atoms with E-state index in [1.165, 1.54) is 0 Å². The van der Waals surface area contributed by atoms with Crippen molar-refractivity contribution in [2.75, 3.05) is 6.54 Å². The van der Waals surface area contributed by atoms with Crippen LogP contribution in [0, 0.1) is 0 Å². The summed E-state index contributed by atoms with van der Waals surface area (Å²) in [6.07, 6.45) is 5.83. The molecule has 1 aromatic rings. The predicted octanol–water partition coefficient (Wildman–Crippen LogP) is 0.726. The van der Waals surface area contributed by atoms with Crippen molar-refractivity contribution in [3.8, 4) is 0 Å². The summed E-state index contributed by atoms with van der Waals surface area (Å²) in [5.74, 6) is -0.810. The number of hydrogen-bond donors (Lipinski definition) is 2. The van der Waals surface area contributed by atoms with Crippen molar-refractivity contribution in [2.45, 2.75) is 32.4 Å². The van der Waals surface area contributed by atoms with Gasteiger partial charge in [-0.3, -0.25) is 4.79 Å². The minimum atomic E-state index is -0.833. The standard InChI is InChI=1S/C10H17N3O2/c1-3-10(2,9(14)15)12-5-7-13-6-4-11-8-13/h4,6,8,12H,3,5,7H2,1-2H3,(H,14,15). The molecule has 1 heterocycles. The van der Waals surface area contributed by atoms with Gasteiger partial charge in [-0.1, -0.05) is 6.92 Å². The van der Waals surface area contributed by atoms with E-state index < -0.39 is 11.5 Å². The van der Waals surface area contributed by atoms with E-state index in [1.807, 2.05) is 17.7 Å². The lowest BCUT2D eigenvalue weighted by molar-refractivity contribution is -0.144. The van der Waals surface area contributed by atoms with E-state index >= 15 is 0 Å². The summed E-state index contributed by atoms with van der Waals surface area (Å²) in [6, 6.07) is 0. The lowest BCUT2D eigenvalue weighted by atomic mass is 9.99. The summed E-state index contributed by atoms with van der Waals surface area (Å²) in [4.78, 5) is 14.9. The molecule has 0 radical (unpaired) electrons. The van der Waals surface area contributed by atoms with Gasteiger partial charge in [0.1, 0.15) is 5.54 Å². The van der Waals surface area contributed by atoms with Crippen LogP contribution in [0.15, 0.2) is 18.7 Å². The fourth-order valence-electron chi connectivity index (χ4n) is 1.23. The van der Waals surface area contributed by atoms with Gasteiger partial charge in [-0.05, 0) is 13.3 Å². The zero-order valence-electron chi connectivity index (χ0n) is 9.10. The highest BCUT2D eigenvalue weighted by molar-refractivity contribution is 5.78. The van der Waals surface area contributed by atoms with Crippen LogP contribution in [0.4, 0.5) is 0 Å². The molecule has 1 rings (SSSR count). The summed E-state index contributed by atoms with van der Waals surface area (Å²) >= 11 is 0. The van der Waals surface area contributed by atoms with Gasteiger partial charge >= 0.3 is 5.97 Å². The summed E-state index contributed by atoms with van der Waals surface area (Å²) < 4.78 is 1.91. The Morgan fingerprint density at radius 1 is 1.67 bits per heavy atom. The Balaban J connectivity index is 2.38. The Morgan fingerprint density at radius 2 is 2.40 bits per heavy atom. The first-order chi connectivity index (χ1) is 7.08. The van der Waals surface area contributed by atoms with Crippen LogP contribution in [0.3, 0.4) is 0 Å². The van der Waals surface area contributed by atoms with Crippen molar-refractivity contribution in [1.29, 1.82) is 0 Å². The number of aliphatic carboxylic acids is 1. The predicted molar refractivity (Wildman–Crippen MR) is 56.6 cm³/mol. The van der Waals surface area contributed by atoms with Crippen molar-refractivity contribution in [1.82, 2.24) is 14.9 Å². The molecule has 84 valence electrons. The summed E-state index contributed by atoms with van der Waals surface area (Å²) in [6.45, 7) is 4.90. The second-order valence-corrected chi connectivity index (χ2v) is 3.72. The number of aromatic nitrogens is 2. The maximum Gasteiger partial charge on any atom is 0.323 e. The van der Waals surface area contributed by atoms with Crippen LogP contribution in [-0.2, 0) is 11.3 Å². The molecule has 0 aliphatic heterocycles. The number of nitrogens with one attached hydrogen (secondary N) is 1. The van der Waals surface area contributed by atoms with Crippen LogP contribution >= 0.6 is 0 Å². The van der Waals surface area contributed by atoms with Gasteiger partial charge in [0, 0.05) is 25.5 Å². The van der Waals surface area contributed by atoms with E-state index in [-0.39, 0.29) is 0 Å². The first kappa shape index (κ1) is 11.7. The molecule has 1 aromatic heterocycles. The molecule has 0 aliphatic carbocycles. The van der Waals surface area contributed by atoms with Crippen molar-refractivity contribution in [2.24, 2.45) is 0 Å². The van der Waals surface area contributed by atoms with Crippen molar-refractivity contribution in [3.05, 3.63) is 18.7 Å². The molecular formula is C10H17N3O2. The lowest BCUT2D eigenvalue weighted by Crippen LogP contribution is -2.49. The molecule has 0 bridgehead atoms. The Labute approximate surface area is 89.1 Å². The number of rotatable bonds is 6. The highest BCUT2D eigenvalue weighted by Crippen LogP contribution is 2.08. The van der Waals surface area contributed by atoms with Gasteiger partial charge in [0.05, 0.1) is 6.33 Å². The second-order valence-electron chi connectivity index (χ2n) is 3.72. The number of hydrogen-bond acceptors (Lipinski definition) is 3. The third kappa shape index (κ3) is 3.06. The van der Waals surface area contributed by atoms with E-state index in [1.54, 1.807) is 19.4 Å². The van der Waals surface area contributed by atoms with E-state index in [0.29, 0.717) is 13.0 Å². The summed E-state index contributed by atoms with van der Waals surface area (Å²) in [5, 5.41) is 12.0. The van der Waals surface area contributed by atoms with Crippen LogP contribution in [0.25, 0.3) is 0 Å². The summed E-state index contributed by atoms with van der Waals surface area (Å²) in [7, 11) is 0. The minimum Gasteiger partial charge on any atom is -0.480 e. The first-order valence-corrected chi connectivity index (χ1v) is 5.02. The number of carboxylic acid groups (broad SMARTS) is 1. The van der Waals surface area contributed by atoms with Crippen LogP contribution in [0.1, 0.15) is 20.3 Å². The fourth-order valence-corrected chi connectivity index (χ4v) is 1.23. The lowest BCUT2D eigenvalue weighted by Gasteiger charge is -2.24. The fraction of sp³-hybridized carbons (Fsp3) is 0.600. The number of carboxylic acids is 1. The smallest absolute Gasteiger partial charge is 0.323 e. The van der Waals surface area contributed by atoms with Crippen molar-refractivity contribution in [3.63, 3.8) is 0 Å². The average Bonchev–Trinajstić information content (AvgIpc) is 2.70. The average molecular weight is 211 g/mol. The normalized spacial score (nSPS) is 14.8. The zero-order valence-corrected chi connectivity index (χ0v) is 9.10. The van der Waals surface area contributed by atoms with Crippen molar-refractivity contribution >= 4 is 5.97 Å². The number of carbonyl (C=O) groups is 1. The molecule has 0 saturated carbocycles. The molecule has 0 aromatic carbocycles. The van der Waals surface area contributed by atoms with E-state index in [2.05, 4.69) is 10.3 Å². The van der Waals surface area contributed by atoms with Gasteiger partial charge in [-0.15, -0.1) is 0 Å². The quantitative estimate of drug-likeness (QED) is 0.727. The first-order valence-electron chi connectivity index (χ1n) is 5.02.